The molecular formula is C14H18ClFN2O. The lowest BCUT2D eigenvalue weighted by Gasteiger charge is -2.34. The molecule has 5 heteroatoms. The molecule has 0 N–H and O–H groups in total. The zero-order valence-electron chi connectivity index (χ0n) is 10.7. The van der Waals surface area contributed by atoms with E-state index in [1.807, 2.05) is 0 Å². The van der Waals surface area contributed by atoms with Crippen molar-refractivity contribution in [2.75, 3.05) is 26.2 Å². The van der Waals surface area contributed by atoms with Crippen LogP contribution in [-0.2, 0) is 11.3 Å². The second-order valence-electron chi connectivity index (χ2n) is 4.43. The molecule has 2 rings (SSSR count). The summed E-state index contributed by atoms with van der Waals surface area (Å²) in [5.41, 5.74) is 1.10. The van der Waals surface area contributed by atoms with Gasteiger partial charge in [0, 0.05) is 32.7 Å². The summed E-state index contributed by atoms with van der Waals surface area (Å²) in [6, 6.07) is 6.56. The monoisotopic (exact) mass is 284 g/mol. The third-order valence-electron chi connectivity index (χ3n) is 3.18. The summed E-state index contributed by atoms with van der Waals surface area (Å²) < 4.78 is 12.8. The number of piperazine rings is 1. The van der Waals surface area contributed by atoms with E-state index in [1.54, 1.807) is 17.0 Å². The number of benzene rings is 1. The van der Waals surface area contributed by atoms with Gasteiger partial charge in [-0.25, -0.2) is 4.39 Å². The fourth-order valence-corrected chi connectivity index (χ4v) is 2.10. The molecule has 1 saturated heterocycles. The summed E-state index contributed by atoms with van der Waals surface area (Å²) in [5, 5.41) is 0. The number of carbonyl (C=O) groups is 1. The molecule has 3 nitrogen and oxygen atoms in total. The predicted octanol–water partition coefficient (Wildman–Crippen LogP) is 2.08. The first kappa shape index (κ1) is 15.7. The molecule has 0 bridgehead atoms. The lowest BCUT2D eigenvalue weighted by molar-refractivity contribution is -0.127. The summed E-state index contributed by atoms with van der Waals surface area (Å²) in [5.74, 6) is -0.211. The van der Waals surface area contributed by atoms with Gasteiger partial charge in [-0.05, 0) is 23.8 Å². The predicted molar refractivity (Wildman–Crippen MR) is 75.7 cm³/mol. The van der Waals surface area contributed by atoms with Crippen LogP contribution in [0.1, 0.15) is 5.56 Å². The van der Waals surface area contributed by atoms with Crippen LogP contribution < -0.4 is 0 Å². The molecule has 1 fully saturated rings. The Balaban J connectivity index is 0.00000180. The first-order chi connectivity index (χ1) is 8.69. The molecule has 1 amide bonds. The molecule has 0 saturated carbocycles. The Morgan fingerprint density at radius 2 is 1.79 bits per heavy atom. The van der Waals surface area contributed by atoms with E-state index in [0.29, 0.717) is 0 Å². The summed E-state index contributed by atoms with van der Waals surface area (Å²) in [6.45, 7) is 7.44. The Hall–Kier alpha value is -1.39. The second kappa shape index (κ2) is 7.26. The van der Waals surface area contributed by atoms with Gasteiger partial charge in [0.05, 0.1) is 0 Å². The van der Waals surface area contributed by atoms with Gasteiger partial charge in [-0.2, -0.15) is 0 Å². The molecule has 1 heterocycles. The van der Waals surface area contributed by atoms with Crippen LogP contribution in [0.15, 0.2) is 36.9 Å². The average Bonchev–Trinajstić information content (AvgIpc) is 2.41. The molecule has 0 aromatic heterocycles. The first-order valence-corrected chi connectivity index (χ1v) is 6.07. The summed E-state index contributed by atoms with van der Waals surface area (Å²) in [4.78, 5) is 15.5. The van der Waals surface area contributed by atoms with Crippen molar-refractivity contribution in [3.63, 3.8) is 0 Å². The summed E-state index contributed by atoms with van der Waals surface area (Å²) in [6.07, 6.45) is 1.36. The minimum atomic E-state index is -0.208. The molecule has 0 atom stereocenters. The molecule has 0 radical (unpaired) electrons. The van der Waals surface area contributed by atoms with Crippen LogP contribution in [0.5, 0.6) is 0 Å². The van der Waals surface area contributed by atoms with Crippen molar-refractivity contribution < 1.29 is 9.18 Å². The van der Waals surface area contributed by atoms with Gasteiger partial charge >= 0.3 is 0 Å². The Kier molecular flexibility index (Phi) is 5.99. The van der Waals surface area contributed by atoms with Crippen molar-refractivity contribution in [3.8, 4) is 0 Å². The van der Waals surface area contributed by atoms with Crippen LogP contribution in [0.2, 0.25) is 0 Å². The zero-order valence-corrected chi connectivity index (χ0v) is 11.5. The van der Waals surface area contributed by atoms with E-state index >= 15 is 0 Å². The molecule has 1 aromatic rings. The standard InChI is InChI=1S/C14H17FN2O.ClH/c1-2-14(18)17-9-7-16(8-10-17)11-12-3-5-13(15)6-4-12;/h2-6H,1,7-11H2;1H. The van der Waals surface area contributed by atoms with Crippen molar-refractivity contribution >= 4 is 18.3 Å². The maximum Gasteiger partial charge on any atom is 0.246 e. The van der Waals surface area contributed by atoms with Crippen LogP contribution in [0, 0.1) is 5.82 Å². The average molecular weight is 285 g/mol. The molecule has 19 heavy (non-hydrogen) atoms. The van der Waals surface area contributed by atoms with E-state index in [0.717, 1.165) is 38.3 Å². The van der Waals surface area contributed by atoms with E-state index in [-0.39, 0.29) is 24.1 Å². The molecule has 104 valence electrons. The Labute approximate surface area is 119 Å². The highest BCUT2D eigenvalue weighted by Crippen LogP contribution is 2.09. The van der Waals surface area contributed by atoms with E-state index < -0.39 is 0 Å². The Morgan fingerprint density at radius 1 is 1.21 bits per heavy atom. The zero-order chi connectivity index (χ0) is 13.0. The lowest BCUT2D eigenvalue weighted by Crippen LogP contribution is -2.47. The fourth-order valence-electron chi connectivity index (χ4n) is 2.10. The second-order valence-corrected chi connectivity index (χ2v) is 4.43. The van der Waals surface area contributed by atoms with Crippen LogP contribution >= 0.6 is 12.4 Å². The van der Waals surface area contributed by atoms with Crippen molar-refractivity contribution in [3.05, 3.63) is 48.3 Å². The number of amides is 1. The van der Waals surface area contributed by atoms with E-state index in [2.05, 4.69) is 11.5 Å². The van der Waals surface area contributed by atoms with Gasteiger partial charge in [0.15, 0.2) is 0 Å². The number of hydrogen-bond donors (Lipinski definition) is 0. The lowest BCUT2D eigenvalue weighted by atomic mass is 10.2. The summed E-state index contributed by atoms with van der Waals surface area (Å²) in [7, 11) is 0. The molecule has 0 aliphatic carbocycles. The first-order valence-electron chi connectivity index (χ1n) is 6.07. The molecule has 1 aliphatic heterocycles. The van der Waals surface area contributed by atoms with Crippen LogP contribution in [0.4, 0.5) is 4.39 Å². The normalized spacial score (nSPS) is 15.7. The van der Waals surface area contributed by atoms with Gasteiger partial charge < -0.3 is 4.90 Å². The van der Waals surface area contributed by atoms with Crippen molar-refractivity contribution in [1.82, 2.24) is 9.80 Å². The van der Waals surface area contributed by atoms with Gasteiger partial charge in [0.1, 0.15) is 5.82 Å². The minimum Gasteiger partial charge on any atom is -0.337 e. The largest absolute Gasteiger partial charge is 0.337 e. The van der Waals surface area contributed by atoms with Gasteiger partial charge in [-0.15, -0.1) is 12.4 Å². The highest BCUT2D eigenvalue weighted by molar-refractivity contribution is 5.87. The van der Waals surface area contributed by atoms with Gasteiger partial charge in [-0.3, -0.25) is 9.69 Å². The summed E-state index contributed by atoms with van der Waals surface area (Å²) >= 11 is 0. The topological polar surface area (TPSA) is 23.6 Å². The number of nitrogens with zero attached hydrogens (tertiary/aromatic N) is 2. The Bertz CT molecular complexity index is 428. The molecular weight excluding hydrogens is 267 g/mol. The molecule has 0 unspecified atom stereocenters. The SMILES string of the molecule is C=CC(=O)N1CCN(Cc2ccc(F)cc2)CC1.Cl. The van der Waals surface area contributed by atoms with Crippen LogP contribution in [0.3, 0.4) is 0 Å². The quantitative estimate of drug-likeness (QED) is 0.794. The highest BCUT2D eigenvalue weighted by Gasteiger charge is 2.19. The van der Waals surface area contributed by atoms with Crippen molar-refractivity contribution in [1.29, 1.82) is 0 Å². The van der Waals surface area contributed by atoms with Gasteiger partial charge in [-0.1, -0.05) is 18.7 Å². The number of rotatable bonds is 3. The Morgan fingerprint density at radius 3 is 2.32 bits per heavy atom. The smallest absolute Gasteiger partial charge is 0.246 e. The number of halogens is 2. The number of carbonyl (C=O) groups excluding carboxylic acids is 1. The third-order valence-corrected chi connectivity index (χ3v) is 3.18. The van der Waals surface area contributed by atoms with Gasteiger partial charge in [0.25, 0.3) is 0 Å². The van der Waals surface area contributed by atoms with Crippen LogP contribution in [0.25, 0.3) is 0 Å². The highest BCUT2D eigenvalue weighted by atomic mass is 35.5. The molecule has 1 aliphatic rings. The maximum atomic E-state index is 12.8. The van der Waals surface area contributed by atoms with Crippen molar-refractivity contribution in [2.24, 2.45) is 0 Å². The minimum absolute atomic E-state index is 0. The maximum absolute atomic E-state index is 12.8. The van der Waals surface area contributed by atoms with Crippen LogP contribution in [-0.4, -0.2) is 41.9 Å². The molecule has 0 spiro atoms. The molecule has 1 aromatic carbocycles. The fraction of sp³-hybridized carbons (Fsp3) is 0.357. The third kappa shape index (κ3) is 4.33. The van der Waals surface area contributed by atoms with Gasteiger partial charge in [0.2, 0.25) is 5.91 Å². The van der Waals surface area contributed by atoms with E-state index in [9.17, 15) is 9.18 Å². The number of hydrogen-bond acceptors (Lipinski definition) is 2. The van der Waals surface area contributed by atoms with Crippen molar-refractivity contribution in [2.45, 2.75) is 6.54 Å². The van der Waals surface area contributed by atoms with E-state index in [1.165, 1.54) is 18.2 Å². The van der Waals surface area contributed by atoms with E-state index in [4.69, 9.17) is 0 Å².